The van der Waals surface area contributed by atoms with E-state index in [4.69, 9.17) is 4.74 Å². The van der Waals surface area contributed by atoms with E-state index in [1.54, 1.807) is 0 Å². The summed E-state index contributed by atoms with van der Waals surface area (Å²) >= 11 is 0. The number of hydrogen-bond acceptors (Lipinski definition) is 4. The van der Waals surface area contributed by atoms with E-state index >= 15 is 0 Å². The van der Waals surface area contributed by atoms with Gasteiger partial charge in [0.15, 0.2) is 0 Å². The van der Waals surface area contributed by atoms with Crippen LogP contribution in [0.4, 0.5) is 0 Å². The van der Waals surface area contributed by atoms with Crippen LogP contribution in [0.25, 0.3) is 0 Å². The second-order valence-corrected chi connectivity index (χ2v) is 5.20. The van der Waals surface area contributed by atoms with Crippen LogP contribution in [0.2, 0.25) is 0 Å². The second kappa shape index (κ2) is 8.86. The molecule has 102 valence electrons. The van der Waals surface area contributed by atoms with Gasteiger partial charge < -0.3 is 15.4 Å². The third kappa shape index (κ3) is 6.99. The fraction of sp³-hybridized carbons (Fsp3) is 1.00. The van der Waals surface area contributed by atoms with Crippen LogP contribution in [0.3, 0.4) is 0 Å². The van der Waals surface area contributed by atoms with E-state index in [0.29, 0.717) is 6.10 Å². The van der Waals surface area contributed by atoms with Crippen LogP contribution in [-0.4, -0.2) is 63.4 Å². The quantitative estimate of drug-likeness (QED) is 0.610. The third-order valence-corrected chi connectivity index (χ3v) is 3.00. The molecule has 0 saturated carbocycles. The zero-order valence-electron chi connectivity index (χ0n) is 11.7. The minimum atomic E-state index is 0.369. The van der Waals surface area contributed by atoms with Gasteiger partial charge in [-0.3, -0.25) is 4.90 Å². The molecule has 1 fully saturated rings. The lowest BCUT2D eigenvalue weighted by molar-refractivity contribution is -0.0263. The molecule has 0 spiro atoms. The molecule has 0 bridgehead atoms. The van der Waals surface area contributed by atoms with Crippen LogP contribution >= 0.6 is 0 Å². The first-order chi connectivity index (χ1) is 8.22. The first kappa shape index (κ1) is 14.9. The van der Waals surface area contributed by atoms with Crippen LogP contribution in [0.15, 0.2) is 0 Å². The highest BCUT2D eigenvalue weighted by molar-refractivity contribution is 4.73. The van der Waals surface area contributed by atoms with Gasteiger partial charge in [0.1, 0.15) is 0 Å². The molecule has 0 aromatic carbocycles. The molecule has 1 aliphatic heterocycles. The Hall–Kier alpha value is -0.160. The molecular weight excluding hydrogens is 214 g/mol. The summed E-state index contributed by atoms with van der Waals surface area (Å²) in [6, 6.07) is 0. The molecular formula is C13H29N3O. The van der Waals surface area contributed by atoms with Crippen LogP contribution in [0.5, 0.6) is 0 Å². The van der Waals surface area contributed by atoms with Gasteiger partial charge >= 0.3 is 0 Å². The molecule has 1 heterocycles. The molecule has 0 amide bonds. The Kier molecular flexibility index (Phi) is 7.77. The Balaban J connectivity index is 2.07. The molecule has 2 N–H and O–H groups in total. The van der Waals surface area contributed by atoms with Crippen molar-refractivity contribution in [3.63, 3.8) is 0 Å². The van der Waals surface area contributed by atoms with Crippen molar-refractivity contribution in [2.24, 2.45) is 5.92 Å². The summed E-state index contributed by atoms with van der Waals surface area (Å²) in [7, 11) is 0. The lowest BCUT2D eigenvalue weighted by Gasteiger charge is -2.33. The van der Waals surface area contributed by atoms with Crippen LogP contribution in [-0.2, 0) is 4.74 Å². The topological polar surface area (TPSA) is 36.5 Å². The Labute approximate surface area is 106 Å². The highest BCUT2D eigenvalue weighted by Crippen LogP contribution is 2.03. The highest BCUT2D eigenvalue weighted by Gasteiger charge is 2.19. The Morgan fingerprint density at radius 3 is 2.88 bits per heavy atom. The van der Waals surface area contributed by atoms with Gasteiger partial charge in [-0.2, -0.15) is 0 Å². The van der Waals surface area contributed by atoms with E-state index in [1.165, 1.54) is 0 Å². The van der Waals surface area contributed by atoms with Crippen molar-refractivity contribution in [1.82, 2.24) is 15.5 Å². The number of ether oxygens (including phenoxy) is 1. The average Bonchev–Trinajstić information content (AvgIpc) is 2.32. The molecule has 1 rings (SSSR count). The maximum absolute atomic E-state index is 5.73. The third-order valence-electron chi connectivity index (χ3n) is 3.00. The average molecular weight is 243 g/mol. The van der Waals surface area contributed by atoms with Gasteiger partial charge in [-0.25, -0.2) is 0 Å². The lowest BCUT2D eigenvalue weighted by atomic mass is 10.2. The smallest absolute Gasteiger partial charge is 0.0826 e. The van der Waals surface area contributed by atoms with Crippen LogP contribution < -0.4 is 10.6 Å². The maximum atomic E-state index is 5.73. The number of rotatable bonds is 8. The lowest BCUT2D eigenvalue weighted by Crippen LogP contribution is -2.48. The minimum absolute atomic E-state index is 0.369. The van der Waals surface area contributed by atoms with Crippen molar-refractivity contribution >= 4 is 0 Å². The Morgan fingerprint density at radius 2 is 2.18 bits per heavy atom. The van der Waals surface area contributed by atoms with E-state index in [-0.39, 0.29) is 0 Å². The van der Waals surface area contributed by atoms with Gasteiger partial charge in [0, 0.05) is 32.7 Å². The van der Waals surface area contributed by atoms with Gasteiger partial charge in [-0.05, 0) is 19.0 Å². The fourth-order valence-corrected chi connectivity index (χ4v) is 2.04. The molecule has 1 atom stereocenters. The Morgan fingerprint density at radius 1 is 1.35 bits per heavy atom. The normalized spacial score (nSPS) is 22.2. The summed E-state index contributed by atoms with van der Waals surface area (Å²) in [5.41, 5.74) is 0. The summed E-state index contributed by atoms with van der Waals surface area (Å²) in [5, 5.41) is 6.85. The monoisotopic (exact) mass is 243 g/mol. The van der Waals surface area contributed by atoms with E-state index in [9.17, 15) is 0 Å². The predicted octanol–water partition coefficient (Wildman–Crippen LogP) is 0.542. The zero-order valence-corrected chi connectivity index (χ0v) is 11.7. The SMILES string of the molecule is CCNC[C@H]1CN(CCNCC(C)C)CCO1. The predicted molar refractivity (Wildman–Crippen MR) is 72.4 cm³/mol. The van der Waals surface area contributed by atoms with Crippen LogP contribution in [0, 0.1) is 5.92 Å². The summed E-state index contributed by atoms with van der Waals surface area (Å²) in [5.74, 6) is 0.737. The molecule has 17 heavy (non-hydrogen) atoms. The van der Waals surface area contributed by atoms with Gasteiger partial charge in [0.25, 0.3) is 0 Å². The van der Waals surface area contributed by atoms with Gasteiger partial charge in [-0.15, -0.1) is 0 Å². The van der Waals surface area contributed by atoms with Crippen molar-refractivity contribution in [2.75, 3.05) is 52.4 Å². The maximum Gasteiger partial charge on any atom is 0.0826 e. The van der Waals surface area contributed by atoms with Crippen molar-refractivity contribution in [1.29, 1.82) is 0 Å². The van der Waals surface area contributed by atoms with Crippen molar-refractivity contribution in [3.05, 3.63) is 0 Å². The van der Waals surface area contributed by atoms with Gasteiger partial charge in [-0.1, -0.05) is 20.8 Å². The number of nitrogens with one attached hydrogen (secondary N) is 2. The van der Waals surface area contributed by atoms with E-state index in [1.807, 2.05) is 0 Å². The minimum Gasteiger partial charge on any atom is -0.374 e. The summed E-state index contributed by atoms with van der Waals surface area (Å²) in [6.07, 6.45) is 0.369. The van der Waals surface area contributed by atoms with Crippen LogP contribution in [0.1, 0.15) is 20.8 Å². The van der Waals surface area contributed by atoms with E-state index in [0.717, 1.165) is 58.3 Å². The van der Waals surface area contributed by atoms with Crippen molar-refractivity contribution < 1.29 is 4.74 Å². The fourth-order valence-electron chi connectivity index (χ4n) is 2.04. The van der Waals surface area contributed by atoms with Crippen molar-refractivity contribution in [2.45, 2.75) is 26.9 Å². The second-order valence-electron chi connectivity index (χ2n) is 5.20. The first-order valence-corrected chi connectivity index (χ1v) is 6.97. The number of nitrogens with zero attached hydrogens (tertiary/aromatic N) is 1. The molecule has 4 nitrogen and oxygen atoms in total. The number of likely N-dealkylation sites (N-methyl/N-ethyl adjacent to an activating group) is 1. The molecule has 0 aromatic heterocycles. The van der Waals surface area contributed by atoms with Gasteiger partial charge in [0.2, 0.25) is 0 Å². The molecule has 4 heteroatoms. The molecule has 0 radical (unpaired) electrons. The van der Waals surface area contributed by atoms with Gasteiger partial charge in [0.05, 0.1) is 12.7 Å². The number of morpholine rings is 1. The molecule has 1 saturated heterocycles. The summed E-state index contributed by atoms with van der Waals surface area (Å²) in [4.78, 5) is 2.50. The standard InChI is InChI=1S/C13H29N3O/c1-4-14-10-13-11-16(7-8-17-13)6-5-15-9-12(2)3/h12-15H,4-11H2,1-3H3/t13-/m0/s1. The van der Waals surface area contributed by atoms with E-state index in [2.05, 4.69) is 36.3 Å². The zero-order chi connectivity index (χ0) is 12.5. The first-order valence-electron chi connectivity index (χ1n) is 6.97. The van der Waals surface area contributed by atoms with Crippen molar-refractivity contribution in [3.8, 4) is 0 Å². The molecule has 0 unspecified atom stereocenters. The number of hydrogen-bond donors (Lipinski definition) is 2. The summed E-state index contributed by atoms with van der Waals surface area (Å²) in [6.45, 7) is 15.0. The highest BCUT2D eigenvalue weighted by atomic mass is 16.5. The molecule has 0 aromatic rings. The summed E-state index contributed by atoms with van der Waals surface area (Å²) < 4.78 is 5.73. The molecule has 0 aliphatic carbocycles. The molecule has 1 aliphatic rings. The largest absolute Gasteiger partial charge is 0.374 e. The Bertz CT molecular complexity index is 188. The van der Waals surface area contributed by atoms with E-state index < -0.39 is 0 Å².